The van der Waals surface area contributed by atoms with Gasteiger partial charge in [0.25, 0.3) is 5.56 Å². The molecule has 0 bridgehead atoms. The zero-order valence-electron chi connectivity index (χ0n) is 9.68. The van der Waals surface area contributed by atoms with Gasteiger partial charge in [-0.3, -0.25) is 14.3 Å². The molecule has 2 unspecified atom stereocenters. The molecule has 17 heavy (non-hydrogen) atoms. The van der Waals surface area contributed by atoms with Crippen LogP contribution < -0.4 is 11.2 Å². The Morgan fingerprint density at radius 2 is 2.24 bits per heavy atom. The second-order valence-electron chi connectivity index (χ2n) is 4.35. The second kappa shape index (κ2) is 5.00. The first-order valence-corrected chi connectivity index (χ1v) is 6.98. The molecule has 6 heteroatoms. The van der Waals surface area contributed by atoms with E-state index in [9.17, 15) is 14.7 Å². The highest BCUT2D eigenvalue weighted by molar-refractivity contribution is 7.99. The van der Waals surface area contributed by atoms with Crippen LogP contribution in [0, 0.1) is 0 Å². The van der Waals surface area contributed by atoms with Gasteiger partial charge in [0.1, 0.15) is 0 Å². The summed E-state index contributed by atoms with van der Waals surface area (Å²) in [5.41, 5.74) is -1.07. The number of rotatable bonds is 2. The normalized spacial score (nSPS) is 24.8. The van der Waals surface area contributed by atoms with Crippen molar-refractivity contribution in [1.29, 1.82) is 0 Å². The van der Waals surface area contributed by atoms with Crippen LogP contribution in [0.15, 0.2) is 15.7 Å². The van der Waals surface area contributed by atoms with E-state index in [1.165, 1.54) is 4.57 Å². The van der Waals surface area contributed by atoms with Crippen molar-refractivity contribution in [2.24, 2.45) is 0 Å². The Bertz CT molecular complexity index is 508. The molecule has 2 N–H and O–H groups in total. The van der Waals surface area contributed by atoms with Gasteiger partial charge in [-0.2, -0.15) is 11.8 Å². The van der Waals surface area contributed by atoms with E-state index in [0.717, 1.165) is 31.7 Å². The average molecular weight is 256 g/mol. The molecule has 1 aliphatic rings. The van der Waals surface area contributed by atoms with Gasteiger partial charge < -0.3 is 5.11 Å². The number of aromatic amines is 1. The van der Waals surface area contributed by atoms with Gasteiger partial charge in [0.05, 0.1) is 6.07 Å². The molecule has 0 aromatic carbocycles. The Kier molecular flexibility index (Phi) is 3.61. The maximum Gasteiger partial charge on any atom is 0.331 e. The summed E-state index contributed by atoms with van der Waals surface area (Å²) in [6.45, 7) is 0. The third-order valence-electron chi connectivity index (χ3n) is 3.25. The van der Waals surface area contributed by atoms with E-state index in [4.69, 9.17) is 0 Å². The molecular formula is C11H16N2O3S. The minimum atomic E-state index is -0.555. The topological polar surface area (TPSA) is 75.1 Å². The van der Waals surface area contributed by atoms with Crippen molar-refractivity contribution in [1.82, 2.24) is 9.55 Å². The number of H-pyrrole nitrogens is 1. The predicted octanol–water partition coefficient (Wildman–Crippen LogP) is 1.09. The van der Waals surface area contributed by atoms with Gasteiger partial charge >= 0.3 is 5.69 Å². The van der Waals surface area contributed by atoms with Crippen molar-refractivity contribution in [3.63, 3.8) is 0 Å². The quantitative estimate of drug-likeness (QED) is 0.830. The Morgan fingerprint density at radius 1 is 1.47 bits per heavy atom. The van der Waals surface area contributed by atoms with Crippen molar-refractivity contribution in [3.8, 4) is 5.88 Å². The van der Waals surface area contributed by atoms with Crippen molar-refractivity contribution in [2.45, 2.75) is 37.0 Å². The van der Waals surface area contributed by atoms with Crippen LogP contribution in [0.4, 0.5) is 0 Å². The molecule has 1 aromatic rings. The standard InChI is InChI=1S/C11H16N2O3S/c1-17-8-4-2-3-7(5-8)13-10(15)6-9(14)12-11(13)16/h6-8,15H,2-5H2,1H3,(H,12,14,16). The van der Waals surface area contributed by atoms with Crippen molar-refractivity contribution < 1.29 is 5.11 Å². The Hall–Kier alpha value is -1.17. The zero-order chi connectivity index (χ0) is 12.4. The van der Waals surface area contributed by atoms with Gasteiger partial charge in [0.15, 0.2) is 0 Å². The fraction of sp³-hybridized carbons (Fsp3) is 0.636. The van der Waals surface area contributed by atoms with E-state index in [1.54, 1.807) is 11.8 Å². The van der Waals surface area contributed by atoms with Gasteiger partial charge in [-0.1, -0.05) is 6.42 Å². The number of aromatic nitrogens is 2. The third kappa shape index (κ3) is 2.57. The summed E-state index contributed by atoms with van der Waals surface area (Å²) in [4.78, 5) is 24.9. The molecule has 94 valence electrons. The molecule has 0 spiro atoms. The fourth-order valence-electron chi connectivity index (χ4n) is 2.41. The lowest BCUT2D eigenvalue weighted by Crippen LogP contribution is -2.34. The lowest BCUT2D eigenvalue weighted by Gasteiger charge is -2.29. The van der Waals surface area contributed by atoms with Crippen LogP contribution in [0.1, 0.15) is 31.7 Å². The molecule has 5 nitrogen and oxygen atoms in total. The Morgan fingerprint density at radius 3 is 2.88 bits per heavy atom. The molecule has 2 atom stereocenters. The summed E-state index contributed by atoms with van der Waals surface area (Å²) in [7, 11) is 0. The molecule has 1 aromatic heterocycles. The molecular weight excluding hydrogens is 240 g/mol. The molecule has 0 saturated heterocycles. The van der Waals surface area contributed by atoms with E-state index >= 15 is 0 Å². The van der Waals surface area contributed by atoms with Crippen molar-refractivity contribution >= 4 is 11.8 Å². The number of hydrogen-bond donors (Lipinski definition) is 2. The van der Waals surface area contributed by atoms with Crippen LogP contribution >= 0.6 is 11.8 Å². The summed E-state index contributed by atoms with van der Waals surface area (Å²) in [5.74, 6) is -0.231. The van der Waals surface area contributed by atoms with E-state index in [2.05, 4.69) is 11.2 Å². The first-order chi connectivity index (χ1) is 8.11. The highest BCUT2D eigenvalue weighted by Crippen LogP contribution is 2.34. The van der Waals surface area contributed by atoms with E-state index in [-0.39, 0.29) is 11.9 Å². The summed E-state index contributed by atoms with van der Waals surface area (Å²) in [6.07, 6.45) is 5.98. The first-order valence-electron chi connectivity index (χ1n) is 5.69. The van der Waals surface area contributed by atoms with E-state index < -0.39 is 11.2 Å². The minimum Gasteiger partial charge on any atom is -0.494 e. The van der Waals surface area contributed by atoms with Crippen LogP contribution in [-0.4, -0.2) is 26.2 Å². The summed E-state index contributed by atoms with van der Waals surface area (Å²) in [5, 5.41) is 10.2. The molecule has 1 aliphatic carbocycles. The van der Waals surface area contributed by atoms with Crippen LogP contribution in [0.5, 0.6) is 5.88 Å². The maximum atomic E-state index is 11.7. The molecule has 1 saturated carbocycles. The molecule has 2 rings (SSSR count). The third-order valence-corrected chi connectivity index (χ3v) is 4.35. The number of hydrogen-bond acceptors (Lipinski definition) is 4. The highest BCUT2D eigenvalue weighted by atomic mass is 32.2. The maximum absolute atomic E-state index is 11.7. The predicted molar refractivity (Wildman–Crippen MR) is 67.8 cm³/mol. The Balaban J connectivity index is 2.34. The fourth-order valence-corrected chi connectivity index (χ4v) is 3.23. The summed E-state index contributed by atoms with van der Waals surface area (Å²) >= 11 is 1.79. The minimum absolute atomic E-state index is 0.00875. The number of nitrogens with zero attached hydrogens (tertiary/aromatic N) is 1. The average Bonchev–Trinajstić information content (AvgIpc) is 2.28. The molecule has 1 fully saturated rings. The SMILES string of the molecule is CSC1CCCC(n2c(O)cc(=O)[nH]c2=O)C1. The number of thioether (sulfide) groups is 1. The van der Waals surface area contributed by atoms with Gasteiger partial charge in [-0.05, 0) is 25.5 Å². The van der Waals surface area contributed by atoms with Crippen LogP contribution in [0.25, 0.3) is 0 Å². The second-order valence-corrected chi connectivity index (χ2v) is 5.48. The van der Waals surface area contributed by atoms with Crippen LogP contribution in [0.2, 0.25) is 0 Å². The van der Waals surface area contributed by atoms with Gasteiger partial charge in [-0.25, -0.2) is 4.79 Å². The van der Waals surface area contributed by atoms with Crippen molar-refractivity contribution in [2.75, 3.05) is 6.26 Å². The van der Waals surface area contributed by atoms with Crippen LogP contribution in [-0.2, 0) is 0 Å². The van der Waals surface area contributed by atoms with Crippen LogP contribution in [0.3, 0.4) is 0 Å². The van der Waals surface area contributed by atoms with E-state index in [0.29, 0.717) is 5.25 Å². The Labute approximate surface area is 103 Å². The molecule has 0 amide bonds. The first kappa shape index (κ1) is 12.3. The largest absolute Gasteiger partial charge is 0.494 e. The summed E-state index contributed by atoms with van der Waals surface area (Å²) < 4.78 is 1.31. The number of nitrogens with one attached hydrogen (secondary N) is 1. The lowest BCUT2D eigenvalue weighted by atomic mass is 9.95. The van der Waals surface area contributed by atoms with E-state index in [1.807, 2.05) is 0 Å². The molecule has 0 radical (unpaired) electrons. The van der Waals surface area contributed by atoms with Gasteiger partial charge in [0.2, 0.25) is 5.88 Å². The zero-order valence-corrected chi connectivity index (χ0v) is 10.5. The highest BCUT2D eigenvalue weighted by Gasteiger charge is 2.25. The smallest absolute Gasteiger partial charge is 0.331 e. The summed E-state index contributed by atoms with van der Waals surface area (Å²) in [6, 6.07) is 1.05. The molecule has 0 aliphatic heterocycles. The van der Waals surface area contributed by atoms with Gasteiger partial charge in [0, 0.05) is 11.3 Å². The molecule has 1 heterocycles. The monoisotopic (exact) mass is 256 g/mol. The lowest BCUT2D eigenvalue weighted by molar-refractivity contribution is 0.303. The van der Waals surface area contributed by atoms with Gasteiger partial charge in [-0.15, -0.1) is 0 Å². The number of aromatic hydroxyl groups is 1. The van der Waals surface area contributed by atoms with Crippen molar-refractivity contribution in [3.05, 3.63) is 26.9 Å².